The summed E-state index contributed by atoms with van der Waals surface area (Å²) < 4.78 is 39.3. The Balaban J connectivity index is 3.97. The minimum atomic E-state index is -4.30. The van der Waals surface area contributed by atoms with Gasteiger partial charge in [0.15, 0.2) is 14.1 Å². The topological polar surface area (TPSA) is 89.9 Å². The van der Waals surface area contributed by atoms with E-state index < -0.39 is 30.2 Å². The molecule has 0 spiro atoms. The summed E-state index contributed by atoms with van der Waals surface area (Å²) in [6, 6.07) is 0. The van der Waals surface area contributed by atoms with Crippen molar-refractivity contribution in [3.05, 3.63) is 0 Å². The molecule has 1 N–H and O–H groups in total. The molecule has 0 fully saturated rings. The monoisotopic (exact) mass is 284 g/mol. The van der Waals surface area contributed by atoms with Crippen molar-refractivity contribution in [2.75, 3.05) is 19.5 Å². The Bertz CT molecular complexity index is 350. The molecule has 0 amide bonds. The third-order valence-corrected chi connectivity index (χ3v) is 7.14. The zero-order chi connectivity index (χ0) is 13.7. The Morgan fingerprint density at radius 3 is 2.35 bits per heavy atom. The molecule has 17 heavy (non-hydrogen) atoms. The summed E-state index contributed by atoms with van der Waals surface area (Å²) in [6.07, 6.45) is 0.615. The molecule has 1 atom stereocenters. The third-order valence-electron chi connectivity index (χ3n) is 2.83. The standard InChI is InChI=1S/C9H20O6SSi/c1-8(17(3,4)14-2)5-6-15-9(10)7-16(11,12)13/h8H,5-7H2,1-4H3,(H,11,12,13). The average molecular weight is 284 g/mol. The first-order chi connectivity index (χ1) is 7.58. The molecule has 102 valence electrons. The Labute approximate surface area is 103 Å². The lowest BCUT2D eigenvalue weighted by atomic mass is 10.3. The van der Waals surface area contributed by atoms with Crippen molar-refractivity contribution in [1.29, 1.82) is 0 Å². The predicted molar refractivity (Wildman–Crippen MR) is 65.9 cm³/mol. The van der Waals surface area contributed by atoms with Crippen LogP contribution in [0.4, 0.5) is 0 Å². The third kappa shape index (κ3) is 7.48. The van der Waals surface area contributed by atoms with Gasteiger partial charge < -0.3 is 9.16 Å². The van der Waals surface area contributed by atoms with E-state index in [1.165, 1.54) is 0 Å². The van der Waals surface area contributed by atoms with Gasteiger partial charge in [0.1, 0.15) is 0 Å². The molecule has 0 bridgehead atoms. The molecule has 0 saturated heterocycles. The molecule has 8 heteroatoms. The van der Waals surface area contributed by atoms with Crippen molar-refractivity contribution in [3.8, 4) is 0 Å². The number of carbonyl (C=O) groups excluding carboxylic acids is 1. The smallest absolute Gasteiger partial charge is 0.323 e. The normalized spacial score (nSPS) is 14.4. The molecule has 0 radical (unpaired) electrons. The first-order valence-electron chi connectivity index (χ1n) is 5.24. The second kappa shape index (κ2) is 6.48. The number of hydrogen-bond donors (Lipinski definition) is 1. The van der Waals surface area contributed by atoms with Gasteiger partial charge in [0.25, 0.3) is 10.1 Å². The van der Waals surface area contributed by atoms with Gasteiger partial charge in [-0.1, -0.05) is 6.92 Å². The van der Waals surface area contributed by atoms with Crippen LogP contribution in [0.25, 0.3) is 0 Å². The molecule has 0 aromatic heterocycles. The summed E-state index contributed by atoms with van der Waals surface area (Å²) in [5.74, 6) is -1.93. The fraction of sp³-hybridized carbons (Fsp3) is 0.889. The van der Waals surface area contributed by atoms with Gasteiger partial charge in [-0.05, 0) is 25.1 Å². The largest absolute Gasteiger partial charge is 0.465 e. The fourth-order valence-corrected chi connectivity index (χ4v) is 2.69. The summed E-state index contributed by atoms with van der Waals surface area (Å²) in [5, 5.41) is 0. The molecule has 0 aliphatic heterocycles. The van der Waals surface area contributed by atoms with Gasteiger partial charge in [0.2, 0.25) is 0 Å². The van der Waals surface area contributed by atoms with Gasteiger partial charge in [0, 0.05) is 7.11 Å². The number of esters is 1. The Morgan fingerprint density at radius 1 is 1.41 bits per heavy atom. The highest BCUT2D eigenvalue weighted by atomic mass is 32.2. The van der Waals surface area contributed by atoms with Crippen LogP contribution in [0.3, 0.4) is 0 Å². The van der Waals surface area contributed by atoms with Crippen LogP contribution in [0.1, 0.15) is 13.3 Å². The quantitative estimate of drug-likeness (QED) is 0.427. The van der Waals surface area contributed by atoms with E-state index in [-0.39, 0.29) is 12.1 Å². The van der Waals surface area contributed by atoms with Crippen molar-refractivity contribution in [2.45, 2.75) is 32.0 Å². The highest BCUT2D eigenvalue weighted by Crippen LogP contribution is 2.24. The van der Waals surface area contributed by atoms with Gasteiger partial charge in [-0.25, -0.2) is 0 Å². The molecular formula is C9H20O6SSi. The number of ether oxygens (including phenoxy) is 1. The number of carbonyl (C=O) groups is 1. The van der Waals surface area contributed by atoms with Crippen LogP contribution in [0.15, 0.2) is 0 Å². The van der Waals surface area contributed by atoms with Gasteiger partial charge in [-0.2, -0.15) is 8.42 Å². The molecule has 0 rings (SSSR count). The highest BCUT2D eigenvalue weighted by molar-refractivity contribution is 7.86. The molecule has 0 heterocycles. The van der Waals surface area contributed by atoms with Crippen LogP contribution >= 0.6 is 0 Å². The molecule has 0 aliphatic rings. The van der Waals surface area contributed by atoms with E-state index in [1.807, 2.05) is 6.92 Å². The molecule has 0 aromatic carbocycles. The van der Waals surface area contributed by atoms with Crippen molar-refractivity contribution in [3.63, 3.8) is 0 Å². The summed E-state index contributed by atoms with van der Waals surface area (Å²) in [4.78, 5) is 11.0. The lowest BCUT2D eigenvalue weighted by molar-refractivity contribution is -0.140. The Kier molecular flexibility index (Phi) is 6.31. The fourth-order valence-electron chi connectivity index (χ4n) is 1.09. The van der Waals surface area contributed by atoms with Crippen LogP contribution in [0, 0.1) is 0 Å². The number of rotatable bonds is 7. The highest BCUT2D eigenvalue weighted by Gasteiger charge is 2.28. The van der Waals surface area contributed by atoms with E-state index >= 15 is 0 Å². The lowest BCUT2D eigenvalue weighted by Crippen LogP contribution is -2.34. The lowest BCUT2D eigenvalue weighted by Gasteiger charge is -2.27. The Morgan fingerprint density at radius 2 is 1.94 bits per heavy atom. The van der Waals surface area contributed by atoms with Gasteiger partial charge in [-0.3, -0.25) is 9.35 Å². The minimum Gasteiger partial charge on any atom is -0.465 e. The molecule has 0 aromatic rings. The zero-order valence-corrected chi connectivity index (χ0v) is 12.4. The molecule has 1 unspecified atom stereocenters. The summed E-state index contributed by atoms with van der Waals surface area (Å²) in [7, 11) is -4.40. The minimum absolute atomic E-state index is 0.134. The Hall–Kier alpha value is -0.443. The van der Waals surface area contributed by atoms with E-state index in [0.717, 1.165) is 0 Å². The molecule has 0 saturated carbocycles. The van der Waals surface area contributed by atoms with Crippen LogP contribution in [0.2, 0.25) is 18.6 Å². The van der Waals surface area contributed by atoms with E-state index in [0.29, 0.717) is 6.42 Å². The SMILES string of the molecule is CO[Si](C)(C)C(C)CCOC(=O)CS(=O)(=O)O. The maximum atomic E-state index is 11.0. The number of hydrogen-bond acceptors (Lipinski definition) is 5. The van der Waals surface area contributed by atoms with Crippen molar-refractivity contribution >= 4 is 24.4 Å². The summed E-state index contributed by atoms with van der Waals surface area (Å²) >= 11 is 0. The van der Waals surface area contributed by atoms with E-state index in [9.17, 15) is 13.2 Å². The summed E-state index contributed by atoms with van der Waals surface area (Å²) in [6.45, 7) is 6.25. The second-order valence-corrected chi connectivity index (χ2v) is 10.5. The maximum absolute atomic E-state index is 11.0. The molecule has 0 aliphatic carbocycles. The zero-order valence-electron chi connectivity index (χ0n) is 10.6. The van der Waals surface area contributed by atoms with Crippen LogP contribution in [-0.4, -0.2) is 46.7 Å². The van der Waals surface area contributed by atoms with E-state index in [4.69, 9.17) is 13.7 Å². The molecular weight excluding hydrogens is 264 g/mol. The average Bonchev–Trinajstić information content (AvgIpc) is 2.14. The van der Waals surface area contributed by atoms with Gasteiger partial charge >= 0.3 is 5.97 Å². The summed E-state index contributed by atoms with van der Waals surface area (Å²) in [5.41, 5.74) is 0.283. The van der Waals surface area contributed by atoms with Crippen LogP contribution in [-0.2, 0) is 24.1 Å². The van der Waals surface area contributed by atoms with E-state index in [1.54, 1.807) is 7.11 Å². The maximum Gasteiger partial charge on any atom is 0.323 e. The van der Waals surface area contributed by atoms with Gasteiger partial charge in [0.05, 0.1) is 6.61 Å². The van der Waals surface area contributed by atoms with Crippen LogP contribution in [0.5, 0.6) is 0 Å². The van der Waals surface area contributed by atoms with E-state index in [2.05, 4.69) is 13.1 Å². The first kappa shape index (κ1) is 16.6. The molecule has 6 nitrogen and oxygen atoms in total. The van der Waals surface area contributed by atoms with Crippen molar-refractivity contribution in [2.24, 2.45) is 0 Å². The second-order valence-electron chi connectivity index (χ2n) is 4.44. The predicted octanol–water partition coefficient (Wildman–Crippen LogP) is 1.05. The first-order valence-corrected chi connectivity index (χ1v) is 9.84. The van der Waals surface area contributed by atoms with Crippen molar-refractivity contribution in [1.82, 2.24) is 0 Å². The van der Waals surface area contributed by atoms with Gasteiger partial charge in [-0.15, -0.1) is 0 Å². The van der Waals surface area contributed by atoms with Crippen LogP contribution < -0.4 is 0 Å². The van der Waals surface area contributed by atoms with Crippen molar-refractivity contribution < 1.29 is 26.9 Å².